The topological polar surface area (TPSA) is 69.6 Å². The van der Waals surface area contributed by atoms with Gasteiger partial charge in [0.1, 0.15) is 0 Å². The molecule has 0 heterocycles. The molecule has 6 heteroatoms. The van der Waals surface area contributed by atoms with Crippen LogP contribution in [0.4, 0.5) is 0 Å². The maximum Gasteiger partial charge on any atom is 0.240 e. The zero-order valence-corrected chi connectivity index (χ0v) is 13.4. The molecule has 0 radical (unpaired) electrons. The number of rotatable bonds is 6. The zero-order chi connectivity index (χ0) is 15.5. The SMILES string of the molecule is CN(C)Cc1ccc(S(=O)(=O)N[C@H]2CC[C@@H](CO)C2)cc1. The Morgan fingerprint density at radius 1 is 1.24 bits per heavy atom. The normalized spacial score (nSPS) is 22.9. The van der Waals surface area contributed by atoms with Gasteiger partial charge in [0.05, 0.1) is 4.90 Å². The highest BCUT2D eigenvalue weighted by Gasteiger charge is 2.28. The highest BCUT2D eigenvalue weighted by Crippen LogP contribution is 2.26. The lowest BCUT2D eigenvalue weighted by atomic mass is 10.1. The van der Waals surface area contributed by atoms with Crippen LogP contribution in [0.15, 0.2) is 29.2 Å². The summed E-state index contributed by atoms with van der Waals surface area (Å²) in [4.78, 5) is 2.34. The Bertz CT molecular complexity index is 555. The van der Waals surface area contributed by atoms with E-state index in [0.29, 0.717) is 11.3 Å². The van der Waals surface area contributed by atoms with Crippen LogP contribution in [0.25, 0.3) is 0 Å². The van der Waals surface area contributed by atoms with E-state index in [9.17, 15) is 8.42 Å². The molecule has 2 rings (SSSR count). The van der Waals surface area contributed by atoms with E-state index in [4.69, 9.17) is 5.11 Å². The number of nitrogens with one attached hydrogen (secondary N) is 1. The third kappa shape index (κ3) is 4.51. The third-order valence-corrected chi connectivity index (χ3v) is 5.39. The summed E-state index contributed by atoms with van der Waals surface area (Å²) in [7, 11) is 0.486. The second-order valence-electron chi connectivity index (χ2n) is 6.06. The Balaban J connectivity index is 2.02. The predicted molar refractivity (Wildman–Crippen MR) is 82.4 cm³/mol. The molecule has 0 saturated heterocycles. The van der Waals surface area contributed by atoms with Crippen molar-refractivity contribution in [3.8, 4) is 0 Å². The van der Waals surface area contributed by atoms with Crippen molar-refractivity contribution in [2.45, 2.75) is 36.7 Å². The first-order valence-corrected chi connectivity index (χ1v) is 8.76. The molecule has 0 aliphatic heterocycles. The summed E-state index contributed by atoms with van der Waals surface area (Å²) >= 11 is 0. The Labute approximate surface area is 127 Å². The molecule has 0 amide bonds. The van der Waals surface area contributed by atoms with Gasteiger partial charge in [-0.2, -0.15) is 0 Å². The Morgan fingerprint density at radius 2 is 1.90 bits per heavy atom. The summed E-state index contributed by atoms with van der Waals surface area (Å²) in [6.45, 7) is 0.923. The number of sulfonamides is 1. The first kappa shape index (κ1) is 16.4. The number of hydrogen-bond acceptors (Lipinski definition) is 4. The summed E-state index contributed by atoms with van der Waals surface area (Å²) < 4.78 is 27.4. The molecular formula is C15H24N2O3S. The standard InChI is InChI=1S/C15H24N2O3S/c1-17(2)10-12-4-7-15(8-5-12)21(19,20)16-14-6-3-13(9-14)11-18/h4-5,7-8,13-14,16,18H,3,6,9-11H2,1-2H3/t13-,14+/m1/s1. The van der Waals surface area contributed by atoms with Gasteiger partial charge in [-0.15, -0.1) is 0 Å². The molecule has 1 aliphatic rings. The summed E-state index contributed by atoms with van der Waals surface area (Å²) in [5.74, 6) is 0.222. The molecule has 1 saturated carbocycles. The van der Waals surface area contributed by atoms with Crippen molar-refractivity contribution in [3.05, 3.63) is 29.8 Å². The molecule has 1 aromatic rings. The summed E-state index contributed by atoms with van der Waals surface area (Å²) in [5.41, 5.74) is 1.08. The van der Waals surface area contributed by atoms with E-state index in [2.05, 4.69) is 4.72 Å². The summed E-state index contributed by atoms with van der Waals surface area (Å²) in [6, 6.07) is 6.94. The monoisotopic (exact) mass is 312 g/mol. The molecule has 2 atom stereocenters. The van der Waals surface area contributed by atoms with Crippen molar-refractivity contribution in [3.63, 3.8) is 0 Å². The Hall–Kier alpha value is -0.950. The average Bonchev–Trinajstić information content (AvgIpc) is 2.85. The maximum atomic E-state index is 12.3. The molecule has 21 heavy (non-hydrogen) atoms. The van der Waals surface area contributed by atoms with Gasteiger partial charge >= 0.3 is 0 Å². The van der Waals surface area contributed by atoms with Gasteiger partial charge in [-0.3, -0.25) is 0 Å². The lowest BCUT2D eigenvalue weighted by molar-refractivity contribution is 0.228. The lowest BCUT2D eigenvalue weighted by Gasteiger charge is -2.14. The van der Waals surface area contributed by atoms with E-state index >= 15 is 0 Å². The van der Waals surface area contributed by atoms with Crippen molar-refractivity contribution in [1.29, 1.82) is 0 Å². The molecule has 1 aromatic carbocycles. The smallest absolute Gasteiger partial charge is 0.240 e. The number of aliphatic hydroxyl groups excluding tert-OH is 1. The van der Waals surface area contributed by atoms with Gasteiger partial charge in [-0.25, -0.2) is 13.1 Å². The average molecular weight is 312 g/mol. The zero-order valence-electron chi connectivity index (χ0n) is 12.6. The fraction of sp³-hybridized carbons (Fsp3) is 0.600. The van der Waals surface area contributed by atoms with Gasteiger partial charge in [-0.1, -0.05) is 12.1 Å². The second kappa shape index (κ2) is 6.87. The summed E-state index contributed by atoms with van der Waals surface area (Å²) in [5, 5.41) is 9.12. The fourth-order valence-electron chi connectivity index (χ4n) is 2.77. The third-order valence-electron chi connectivity index (χ3n) is 3.85. The highest BCUT2D eigenvalue weighted by atomic mass is 32.2. The minimum Gasteiger partial charge on any atom is -0.396 e. The maximum absolute atomic E-state index is 12.3. The van der Waals surface area contributed by atoms with Crippen LogP contribution in [0.3, 0.4) is 0 Å². The van der Waals surface area contributed by atoms with Crippen LogP contribution in [0.1, 0.15) is 24.8 Å². The molecule has 118 valence electrons. The van der Waals surface area contributed by atoms with Gasteiger partial charge in [0, 0.05) is 19.2 Å². The van der Waals surface area contributed by atoms with E-state index < -0.39 is 10.0 Å². The minimum atomic E-state index is -3.47. The highest BCUT2D eigenvalue weighted by molar-refractivity contribution is 7.89. The molecular weight excluding hydrogens is 288 g/mol. The van der Waals surface area contributed by atoms with Crippen molar-refractivity contribution < 1.29 is 13.5 Å². The van der Waals surface area contributed by atoms with Crippen molar-refractivity contribution in [2.24, 2.45) is 5.92 Å². The second-order valence-corrected chi connectivity index (χ2v) is 7.78. The van der Waals surface area contributed by atoms with Crippen LogP contribution in [-0.4, -0.2) is 45.2 Å². The number of hydrogen-bond donors (Lipinski definition) is 2. The van der Waals surface area contributed by atoms with Crippen LogP contribution in [0, 0.1) is 5.92 Å². The van der Waals surface area contributed by atoms with Crippen LogP contribution in [-0.2, 0) is 16.6 Å². The first-order chi connectivity index (χ1) is 9.90. The number of benzene rings is 1. The molecule has 2 N–H and O–H groups in total. The largest absolute Gasteiger partial charge is 0.396 e. The Morgan fingerprint density at radius 3 is 2.43 bits per heavy atom. The van der Waals surface area contributed by atoms with Gasteiger partial charge < -0.3 is 10.0 Å². The van der Waals surface area contributed by atoms with E-state index in [1.807, 2.05) is 31.1 Å². The molecule has 5 nitrogen and oxygen atoms in total. The van der Waals surface area contributed by atoms with Gasteiger partial charge in [0.2, 0.25) is 10.0 Å². The molecule has 0 aromatic heterocycles. The van der Waals surface area contributed by atoms with Gasteiger partial charge in [-0.05, 0) is 57.0 Å². The van der Waals surface area contributed by atoms with Crippen LogP contribution in [0.5, 0.6) is 0 Å². The Kier molecular flexibility index (Phi) is 5.37. The minimum absolute atomic E-state index is 0.0615. The van der Waals surface area contributed by atoms with E-state index in [1.165, 1.54) is 0 Å². The number of aliphatic hydroxyl groups is 1. The molecule has 0 unspecified atom stereocenters. The first-order valence-electron chi connectivity index (χ1n) is 7.27. The van der Waals surface area contributed by atoms with Crippen molar-refractivity contribution in [2.75, 3.05) is 20.7 Å². The predicted octanol–water partition coefficient (Wildman–Crippen LogP) is 1.19. The van der Waals surface area contributed by atoms with E-state index in [0.717, 1.165) is 24.9 Å². The quantitative estimate of drug-likeness (QED) is 0.828. The fourth-order valence-corrected chi connectivity index (χ4v) is 4.06. The summed E-state index contributed by atoms with van der Waals surface area (Å²) in [6.07, 6.45) is 2.39. The molecule has 1 aliphatic carbocycles. The van der Waals surface area contributed by atoms with Crippen LogP contribution in [0.2, 0.25) is 0 Å². The van der Waals surface area contributed by atoms with E-state index in [1.54, 1.807) is 12.1 Å². The molecule has 1 fully saturated rings. The lowest BCUT2D eigenvalue weighted by Crippen LogP contribution is -2.33. The van der Waals surface area contributed by atoms with Crippen LogP contribution < -0.4 is 4.72 Å². The van der Waals surface area contributed by atoms with Crippen molar-refractivity contribution in [1.82, 2.24) is 9.62 Å². The van der Waals surface area contributed by atoms with Crippen molar-refractivity contribution >= 4 is 10.0 Å². The van der Waals surface area contributed by atoms with E-state index in [-0.39, 0.29) is 18.6 Å². The molecule has 0 spiro atoms. The van der Waals surface area contributed by atoms with Gasteiger partial charge in [0.15, 0.2) is 0 Å². The van der Waals surface area contributed by atoms with Crippen LogP contribution >= 0.6 is 0 Å². The molecule has 0 bridgehead atoms. The number of nitrogens with zero attached hydrogens (tertiary/aromatic N) is 1. The van der Waals surface area contributed by atoms with Gasteiger partial charge in [0.25, 0.3) is 0 Å².